The summed E-state index contributed by atoms with van der Waals surface area (Å²) >= 11 is 0. The molecule has 3 atom stereocenters. The molecule has 0 spiro atoms. The quantitative estimate of drug-likeness (QED) is 0.318. The molecule has 2 aliphatic carbocycles. The first-order chi connectivity index (χ1) is 18.1. The summed E-state index contributed by atoms with van der Waals surface area (Å²) in [7, 11) is -4.14. The van der Waals surface area contributed by atoms with Gasteiger partial charge in [0, 0.05) is 11.3 Å². The highest BCUT2D eigenvalue weighted by atomic mass is 32.2. The number of benzene rings is 2. The van der Waals surface area contributed by atoms with Crippen molar-refractivity contribution in [2.45, 2.75) is 72.3 Å². The highest BCUT2D eigenvalue weighted by molar-refractivity contribution is 7.84. The molecule has 7 heteroatoms. The highest BCUT2D eigenvalue weighted by Crippen LogP contribution is 2.67. The van der Waals surface area contributed by atoms with Gasteiger partial charge in [0.05, 0.1) is 12.5 Å². The largest absolute Gasteiger partial charge is 0.481 e. The molecule has 2 aliphatic rings. The van der Waals surface area contributed by atoms with Crippen LogP contribution in [0.4, 0.5) is 0 Å². The van der Waals surface area contributed by atoms with Crippen molar-refractivity contribution < 1.29 is 22.5 Å². The van der Waals surface area contributed by atoms with Gasteiger partial charge >= 0.3 is 16.3 Å². The Labute approximate surface area is 233 Å². The van der Waals surface area contributed by atoms with Crippen molar-refractivity contribution in [3.8, 4) is 0 Å². The van der Waals surface area contributed by atoms with Gasteiger partial charge in [-0.25, -0.2) is 5.14 Å². The van der Waals surface area contributed by atoms with E-state index in [9.17, 15) is 18.3 Å². The van der Waals surface area contributed by atoms with Gasteiger partial charge in [-0.2, -0.15) is 8.42 Å². The number of hydrogen-bond donors (Lipinski definition) is 2. The van der Waals surface area contributed by atoms with Gasteiger partial charge in [0.1, 0.15) is 0 Å². The van der Waals surface area contributed by atoms with Crippen LogP contribution in [0.5, 0.6) is 0 Å². The first kappa shape index (κ1) is 29.2. The Morgan fingerprint density at radius 2 is 1.64 bits per heavy atom. The first-order valence-electron chi connectivity index (χ1n) is 13.6. The molecule has 2 aromatic carbocycles. The second kappa shape index (κ2) is 10.7. The Balaban J connectivity index is 1.85. The molecule has 1 unspecified atom stereocenters. The third kappa shape index (κ3) is 6.37. The van der Waals surface area contributed by atoms with E-state index in [4.69, 9.17) is 9.32 Å². The lowest BCUT2D eigenvalue weighted by Crippen LogP contribution is -2.33. The monoisotopic (exact) mass is 551 g/mol. The zero-order chi connectivity index (χ0) is 28.6. The van der Waals surface area contributed by atoms with Crippen LogP contribution in [0.3, 0.4) is 0 Å². The summed E-state index contributed by atoms with van der Waals surface area (Å²) in [6.45, 7) is 13.0. The van der Waals surface area contributed by atoms with Crippen LogP contribution in [0.15, 0.2) is 72.8 Å². The fraction of sp³-hybridized carbons (Fsp3) is 0.469. The summed E-state index contributed by atoms with van der Waals surface area (Å²) in [5, 5.41) is 14.8. The van der Waals surface area contributed by atoms with Crippen LogP contribution in [-0.4, -0.2) is 25.6 Å². The summed E-state index contributed by atoms with van der Waals surface area (Å²) in [6.07, 6.45) is 2.95. The maximum Gasteiger partial charge on any atom is 0.333 e. The molecular formula is C32H41NO5S. The average molecular weight is 552 g/mol. The highest BCUT2D eigenvalue weighted by Gasteiger charge is 2.58. The Morgan fingerprint density at radius 3 is 2.21 bits per heavy atom. The minimum atomic E-state index is -4.14. The predicted molar refractivity (Wildman–Crippen MR) is 156 cm³/mol. The smallest absolute Gasteiger partial charge is 0.333 e. The molecule has 4 rings (SSSR count). The Morgan fingerprint density at radius 1 is 1.05 bits per heavy atom. The molecular weight excluding hydrogens is 510 g/mol. The fourth-order valence-corrected chi connectivity index (χ4v) is 8.29. The lowest BCUT2D eigenvalue weighted by molar-refractivity contribution is -0.139. The SMILES string of the molecule is C=C(c1ccccc1)[C@@]12CC[C@@H](OS(N)(=O)=O)C1CC(CC(C)(C)CC(C)(C)CC(=O)O)=C2c1ccccc1. The molecule has 0 saturated heterocycles. The van der Waals surface area contributed by atoms with Crippen LogP contribution < -0.4 is 5.14 Å². The Bertz CT molecular complexity index is 1360. The van der Waals surface area contributed by atoms with Crippen LogP contribution in [0.25, 0.3) is 11.1 Å². The normalized spacial score (nSPS) is 23.6. The molecule has 0 bridgehead atoms. The molecule has 0 aliphatic heterocycles. The minimum Gasteiger partial charge on any atom is -0.481 e. The van der Waals surface area contributed by atoms with Crippen molar-refractivity contribution in [2.24, 2.45) is 27.3 Å². The van der Waals surface area contributed by atoms with E-state index in [-0.39, 0.29) is 23.2 Å². The summed E-state index contributed by atoms with van der Waals surface area (Å²) in [6, 6.07) is 20.4. The zero-order valence-corrected chi connectivity index (χ0v) is 24.3. The number of fused-ring (bicyclic) bond motifs is 1. The second-order valence-electron chi connectivity index (χ2n) is 12.9. The van der Waals surface area contributed by atoms with Crippen molar-refractivity contribution in [1.29, 1.82) is 0 Å². The number of aliphatic carboxylic acids is 1. The molecule has 2 aromatic rings. The standard InChI is InChI=1S/C32H41NO5S/c1-22(23-12-8-6-9-13-23)32-17-16-27(38-39(33,36)37)26(32)18-25(29(32)24-14-10-7-11-15-24)19-30(2,3)21-31(4,5)20-28(34)35/h6-15,26-27H,1,16-21H2,2-5H3,(H,34,35)(H2,33,36,37)/t26?,27-,32+/m1/s1. The van der Waals surface area contributed by atoms with Gasteiger partial charge in [-0.15, -0.1) is 0 Å². The van der Waals surface area contributed by atoms with Crippen molar-refractivity contribution in [2.75, 3.05) is 0 Å². The number of rotatable bonds is 11. The van der Waals surface area contributed by atoms with E-state index in [2.05, 4.69) is 44.7 Å². The van der Waals surface area contributed by atoms with E-state index in [1.54, 1.807) is 0 Å². The van der Waals surface area contributed by atoms with Gasteiger partial charge in [-0.1, -0.05) is 101 Å². The maximum atomic E-state index is 12.1. The number of hydrogen-bond acceptors (Lipinski definition) is 4. The van der Waals surface area contributed by atoms with Gasteiger partial charge in [-0.05, 0) is 65.2 Å². The van der Waals surface area contributed by atoms with E-state index < -0.39 is 27.8 Å². The van der Waals surface area contributed by atoms with Crippen LogP contribution in [0, 0.1) is 22.2 Å². The van der Waals surface area contributed by atoms with Crippen LogP contribution in [0.1, 0.15) is 77.3 Å². The van der Waals surface area contributed by atoms with Gasteiger partial charge in [0.2, 0.25) is 0 Å². The molecule has 39 heavy (non-hydrogen) atoms. The van der Waals surface area contributed by atoms with E-state index in [1.165, 1.54) is 11.1 Å². The van der Waals surface area contributed by atoms with Gasteiger partial charge in [-0.3, -0.25) is 8.98 Å². The third-order valence-electron chi connectivity index (χ3n) is 8.43. The van der Waals surface area contributed by atoms with Gasteiger partial charge in [0.25, 0.3) is 0 Å². The summed E-state index contributed by atoms with van der Waals surface area (Å²) in [4.78, 5) is 11.5. The molecule has 0 amide bonds. The summed E-state index contributed by atoms with van der Waals surface area (Å²) < 4.78 is 29.7. The number of carboxylic acid groups (broad SMARTS) is 1. The van der Waals surface area contributed by atoms with E-state index in [1.807, 2.05) is 50.2 Å². The minimum absolute atomic E-state index is 0.0999. The molecule has 0 heterocycles. The van der Waals surface area contributed by atoms with Crippen molar-refractivity contribution in [3.05, 3.63) is 83.9 Å². The number of carboxylic acids is 1. The second-order valence-corrected chi connectivity index (χ2v) is 14.1. The lowest BCUT2D eigenvalue weighted by Gasteiger charge is -2.37. The van der Waals surface area contributed by atoms with Gasteiger partial charge < -0.3 is 5.11 Å². The van der Waals surface area contributed by atoms with E-state index >= 15 is 0 Å². The first-order valence-corrected chi connectivity index (χ1v) is 15.1. The average Bonchev–Trinajstić information content (AvgIpc) is 3.31. The number of carbonyl (C=O) groups is 1. The van der Waals surface area contributed by atoms with Crippen LogP contribution in [0.2, 0.25) is 0 Å². The van der Waals surface area contributed by atoms with Crippen molar-refractivity contribution in [3.63, 3.8) is 0 Å². The molecule has 0 aromatic heterocycles. The van der Waals surface area contributed by atoms with Gasteiger partial charge in [0.15, 0.2) is 0 Å². The van der Waals surface area contributed by atoms with E-state index in [0.717, 1.165) is 29.5 Å². The number of allylic oxidation sites excluding steroid dienone is 3. The third-order valence-corrected chi connectivity index (χ3v) is 8.95. The topological polar surface area (TPSA) is 107 Å². The predicted octanol–water partition coefficient (Wildman–Crippen LogP) is 6.85. The molecule has 210 valence electrons. The van der Waals surface area contributed by atoms with Crippen molar-refractivity contribution in [1.82, 2.24) is 0 Å². The Hall–Kier alpha value is -2.74. The molecule has 6 nitrogen and oxygen atoms in total. The molecule has 1 fully saturated rings. The van der Waals surface area contributed by atoms with Crippen molar-refractivity contribution >= 4 is 27.4 Å². The van der Waals surface area contributed by atoms with Crippen LogP contribution >= 0.6 is 0 Å². The number of nitrogens with two attached hydrogens (primary N) is 1. The maximum absolute atomic E-state index is 12.1. The summed E-state index contributed by atoms with van der Waals surface area (Å²) in [5.41, 5.74) is 4.46. The summed E-state index contributed by atoms with van der Waals surface area (Å²) in [5.74, 6) is -0.937. The van der Waals surface area contributed by atoms with Crippen LogP contribution in [-0.2, 0) is 19.3 Å². The Kier molecular flexibility index (Phi) is 8.01. The van der Waals surface area contributed by atoms with E-state index in [0.29, 0.717) is 19.3 Å². The molecule has 1 saturated carbocycles. The molecule has 3 N–H and O–H groups in total. The molecule has 0 radical (unpaired) electrons. The zero-order valence-electron chi connectivity index (χ0n) is 23.4. The lowest BCUT2D eigenvalue weighted by atomic mass is 9.66. The fourth-order valence-electron chi connectivity index (χ4n) is 7.72.